The third kappa shape index (κ3) is 2.69. The Morgan fingerprint density at radius 1 is 1.21 bits per heavy atom. The number of aromatic nitrogens is 2. The van der Waals surface area contributed by atoms with Gasteiger partial charge < -0.3 is 9.47 Å². The zero-order chi connectivity index (χ0) is 13.8. The summed E-state index contributed by atoms with van der Waals surface area (Å²) < 4.78 is 12.3. The quantitative estimate of drug-likeness (QED) is 0.621. The van der Waals surface area contributed by atoms with Crippen LogP contribution in [0.3, 0.4) is 0 Å². The molecule has 0 radical (unpaired) electrons. The topological polar surface area (TPSA) is 74.3 Å². The molecule has 0 fully saturated rings. The van der Waals surface area contributed by atoms with Gasteiger partial charge in [0, 0.05) is 19.3 Å². The number of aryl methyl sites for hydroxylation is 1. The lowest BCUT2D eigenvalue weighted by Crippen LogP contribution is -2.30. The minimum atomic E-state index is -0.184. The molecule has 102 valence electrons. The molecule has 1 aromatic heterocycles. The standard InChI is InChI=1S/C13H18N4O2/c1-17-12(4-5-15-17)13(16-14)9-6-10(18-2)8-11(7-9)19-3/h4-8,13,16H,14H2,1-3H3. The van der Waals surface area contributed by atoms with Crippen molar-refractivity contribution in [3.05, 3.63) is 41.7 Å². The molecule has 0 aliphatic heterocycles. The van der Waals surface area contributed by atoms with Crippen molar-refractivity contribution in [1.82, 2.24) is 15.2 Å². The van der Waals surface area contributed by atoms with Crippen LogP contribution >= 0.6 is 0 Å². The lowest BCUT2D eigenvalue weighted by atomic mass is 10.0. The van der Waals surface area contributed by atoms with Crippen LogP contribution in [0.25, 0.3) is 0 Å². The Labute approximate surface area is 112 Å². The molecule has 19 heavy (non-hydrogen) atoms. The Bertz CT molecular complexity index is 531. The monoisotopic (exact) mass is 262 g/mol. The Kier molecular flexibility index (Phi) is 4.03. The maximum Gasteiger partial charge on any atom is 0.122 e. The molecule has 0 aliphatic carbocycles. The average molecular weight is 262 g/mol. The van der Waals surface area contributed by atoms with Crippen LogP contribution in [0.1, 0.15) is 17.3 Å². The van der Waals surface area contributed by atoms with Crippen LogP contribution in [0.5, 0.6) is 11.5 Å². The first kappa shape index (κ1) is 13.4. The van der Waals surface area contributed by atoms with Gasteiger partial charge in [-0.05, 0) is 23.8 Å². The summed E-state index contributed by atoms with van der Waals surface area (Å²) in [5.41, 5.74) is 4.70. The maximum atomic E-state index is 5.68. The Hall–Kier alpha value is -2.05. The summed E-state index contributed by atoms with van der Waals surface area (Å²) in [6.07, 6.45) is 1.73. The smallest absolute Gasteiger partial charge is 0.122 e. The van der Waals surface area contributed by atoms with Crippen molar-refractivity contribution in [2.24, 2.45) is 12.9 Å². The molecular weight excluding hydrogens is 244 g/mol. The van der Waals surface area contributed by atoms with E-state index in [0.717, 1.165) is 22.8 Å². The highest BCUT2D eigenvalue weighted by molar-refractivity contribution is 5.42. The van der Waals surface area contributed by atoms with Crippen LogP contribution in [0, 0.1) is 0 Å². The lowest BCUT2D eigenvalue weighted by Gasteiger charge is -2.18. The second-order valence-electron chi connectivity index (χ2n) is 4.13. The molecule has 0 saturated carbocycles. The molecule has 0 saturated heterocycles. The number of nitrogens with two attached hydrogens (primary N) is 1. The number of nitrogens with zero attached hydrogens (tertiary/aromatic N) is 2. The number of rotatable bonds is 5. The van der Waals surface area contributed by atoms with Gasteiger partial charge in [0.15, 0.2) is 0 Å². The van der Waals surface area contributed by atoms with E-state index in [1.165, 1.54) is 0 Å². The van der Waals surface area contributed by atoms with Crippen molar-refractivity contribution < 1.29 is 9.47 Å². The van der Waals surface area contributed by atoms with Gasteiger partial charge in [-0.1, -0.05) is 0 Å². The number of benzene rings is 1. The number of ether oxygens (including phenoxy) is 2. The zero-order valence-electron chi connectivity index (χ0n) is 11.3. The maximum absolute atomic E-state index is 5.68. The van der Waals surface area contributed by atoms with Crippen LogP contribution in [0.4, 0.5) is 0 Å². The molecule has 0 spiro atoms. The summed E-state index contributed by atoms with van der Waals surface area (Å²) in [5.74, 6) is 7.11. The van der Waals surface area contributed by atoms with E-state index in [1.807, 2.05) is 31.3 Å². The summed E-state index contributed by atoms with van der Waals surface area (Å²) in [5, 5.41) is 4.15. The summed E-state index contributed by atoms with van der Waals surface area (Å²) in [6.45, 7) is 0. The van der Waals surface area contributed by atoms with E-state index < -0.39 is 0 Å². The van der Waals surface area contributed by atoms with Crippen molar-refractivity contribution in [3.8, 4) is 11.5 Å². The second kappa shape index (κ2) is 5.73. The molecule has 0 bridgehead atoms. The van der Waals surface area contributed by atoms with Gasteiger partial charge in [-0.15, -0.1) is 0 Å². The lowest BCUT2D eigenvalue weighted by molar-refractivity contribution is 0.392. The van der Waals surface area contributed by atoms with Gasteiger partial charge >= 0.3 is 0 Å². The molecule has 0 aliphatic rings. The van der Waals surface area contributed by atoms with E-state index in [-0.39, 0.29) is 6.04 Å². The van der Waals surface area contributed by atoms with Gasteiger partial charge in [0.05, 0.1) is 26.0 Å². The molecular formula is C13H18N4O2. The molecule has 1 unspecified atom stereocenters. The number of hydrogen-bond donors (Lipinski definition) is 2. The van der Waals surface area contributed by atoms with Gasteiger partial charge in [-0.25, -0.2) is 5.43 Å². The molecule has 2 aromatic rings. The zero-order valence-corrected chi connectivity index (χ0v) is 11.3. The summed E-state index contributed by atoms with van der Waals surface area (Å²) in [6, 6.07) is 7.38. The molecule has 0 amide bonds. The van der Waals surface area contributed by atoms with Gasteiger partial charge in [0.1, 0.15) is 11.5 Å². The van der Waals surface area contributed by atoms with Crippen molar-refractivity contribution in [1.29, 1.82) is 0 Å². The minimum Gasteiger partial charge on any atom is -0.497 e. The SMILES string of the molecule is COc1cc(OC)cc(C(NN)c2ccnn2C)c1. The minimum absolute atomic E-state index is 0.184. The summed E-state index contributed by atoms with van der Waals surface area (Å²) in [4.78, 5) is 0. The normalized spacial score (nSPS) is 12.2. The van der Waals surface area contributed by atoms with Crippen molar-refractivity contribution in [2.45, 2.75) is 6.04 Å². The molecule has 1 heterocycles. The number of hydrogen-bond acceptors (Lipinski definition) is 5. The highest BCUT2D eigenvalue weighted by atomic mass is 16.5. The fraction of sp³-hybridized carbons (Fsp3) is 0.308. The predicted octanol–water partition coefficient (Wildman–Crippen LogP) is 0.990. The average Bonchev–Trinajstić information content (AvgIpc) is 2.85. The van der Waals surface area contributed by atoms with Crippen LogP contribution in [-0.2, 0) is 7.05 Å². The van der Waals surface area contributed by atoms with Crippen molar-refractivity contribution >= 4 is 0 Å². The fourth-order valence-corrected chi connectivity index (χ4v) is 2.02. The first-order chi connectivity index (χ1) is 9.19. The van der Waals surface area contributed by atoms with Crippen molar-refractivity contribution in [3.63, 3.8) is 0 Å². The van der Waals surface area contributed by atoms with E-state index in [2.05, 4.69) is 10.5 Å². The van der Waals surface area contributed by atoms with E-state index in [0.29, 0.717) is 0 Å². The van der Waals surface area contributed by atoms with Gasteiger partial charge in [0.25, 0.3) is 0 Å². The van der Waals surface area contributed by atoms with Crippen LogP contribution < -0.4 is 20.7 Å². The molecule has 6 nitrogen and oxygen atoms in total. The Balaban J connectivity index is 2.46. The third-order valence-corrected chi connectivity index (χ3v) is 3.03. The molecule has 6 heteroatoms. The van der Waals surface area contributed by atoms with E-state index in [1.54, 1.807) is 25.1 Å². The summed E-state index contributed by atoms with van der Waals surface area (Å²) >= 11 is 0. The molecule has 3 N–H and O–H groups in total. The Morgan fingerprint density at radius 2 is 1.84 bits per heavy atom. The number of methoxy groups -OCH3 is 2. The van der Waals surface area contributed by atoms with Gasteiger partial charge in [-0.2, -0.15) is 5.10 Å². The predicted molar refractivity (Wildman–Crippen MR) is 71.9 cm³/mol. The Morgan fingerprint density at radius 3 is 2.26 bits per heavy atom. The first-order valence-electron chi connectivity index (χ1n) is 5.86. The van der Waals surface area contributed by atoms with Gasteiger partial charge in [-0.3, -0.25) is 10.5 Å². The second-order valence-corrected chi connectivity index (χ2v) is 4.13. The molecule has 2 rings (SSSR count). The van der Waals surface area contributed by atoms with E-state index in [9.17, 15) is 0 Å². The van der Waals surface area contributed by atoms with E-state index >= 15 is 0 Å². The summed E-state index contributed by atoms with van der Waals surface area (Å²) in [7, 11) is 5.11. The number of nitrogens with one attached hydrogen (secondary N) is 1. The molecule has 1 atom stereocenters. The van der Waals surface area contributed by atoms with E-state index in [4.69, 9.17) is 15.3 Å². The third-order valence-electron chi connectivity index (χ3n) is 3.03. The van der Waals surface area contributed by atoms with Crippen LogP contribution in [0.2, 0.25) is 0 Å². The van der Waals surface area contributed by atoms with Gasteiger partial charge in [0.2, 0.25) is 0 Å². The molecule has 1 aromatic carbocycles. The number of hydrazine groups is 1. The van der Waals surface area contributed by atoms with Crippen LogP contribution in [-0.4, -0.2) is 24.0 Å². The first-order valence-corrected chi connectivity index (χ1v) is 5.86. The largest absolute Gasteiger partial charge is 0.497 e. The van der Waals surface area contributed by atoms with Crippen LogP contribution in [0.15, 0.2) is 30.5 Å². The van der Waals surface area contributed by atoms with Crippen molar-refractivity contribution in [2.75, 3.05) is 14.2 Å². The fourth-order valence-electron chi connectivity index (χ4n) is 2.02. The highest BCUT2D eigenvalue weighted by Crippen LogP contribution is 2.29. The highest BCUT2D eigenvalue weighted by Gasteiger charge is 2.17.